The van der Waals surface area contributed by atoms with Crippen molar-refractivity contribution >= 4 is 67.1 Å². The maximum atomic E-state index is 13.4. The van der Waals surface area contributed by atoms with Crippen molar-refractivity contribution < 1.29 is 35.4 Å². The van der Waals surface area contributed by atoms with Crippen molar-refractivity contribution in [2.75, 3.05) is 73.0 Å². The maximum Gasteiger partial charge on any atom is 0.292 e. The minimum atomic E-state index is -5.67. The van der Waals surface area contributed by atoms with Crippen LogP contribution < -0.4 is 26.2 Å². The average Bonchev–Trinajstić information content (AvgIpc) is 3.26. The number of hydrogen-bond donors (Lipinski definition) is 5. The van der Waals surface area contributed by atoms with Crippen molar-refractivity contribution in [3.8, 4) is 11.4 Å². The Hall–Kier alpha value is -6.36. The summed E-state index contributed by atoms with van der Waals surface area (Å²) in [6.07, 6.45) is 2.86. The Bertz CT molecular complexity index is 2680. The van der Waals surface area contributed by atoms with Crippen LogP contribution in [0.1, 0.15) is 17.8 Å². The molecule has 0 amide bonds. The van der Waals surface area contributed by atoms with Gasteiger partial charge in [-0.2, -0.15) is 46.7 Å². The second kappa shape index (κ2) is 17.3. The Balaban J connectivity index is 1.15. The highest BCUT2D eigenvalue weighted by Gasteiger charge is 2.59. The number of benzene rings is 3. The predicted octanol–water partition coefficient (Wildman–Crippen LogP) is 4.07. The van der Waals surface area contributed by atoms with Crippen LogP contribution in [0.15, 0.2) is 108 Å². The molecular weight excluding hydrogens is 827 g/mol. The smallest absolute Gasteiger partial charge is 0.292 e. The number of nitrogens with two attached hydrogens (primary N) is 1. The molecule has 1 aliphatic carbocycles. The number of nitrogens with one attached hydrogen (secondary N) is 2. The van der Waals surface area contributed by atoms with Gasteiger partial charge in [0.05, 0.1) is 26.4 Å². The van der Waals surface area contributed by atoms with Crippen molar-refractivity contribution in [2.45, 2.75) is 10.5 Å². The minimum Gasteiger partial charge on any atom is -0.398 e. The van der Waals surface area contributed by atoms with Crippen LogP contribution in [0, 0.1) is 0 Å². The molecule has 3 aromatic carbocycles. The lowest BCUT2D eigenvalue weighted by Gasteiger charge is -2.33. The van der Waals surface area contributed by atoms with Crippen molar-refractivity contribution in [1.29, 1.82) is 0 Å². The van der Waals surface area contributed by atoms with E-state index in [1.54, 1.807) is 48.5 Å². The van der Waals surface area contributed by atoms with E-state index >= 15 is 0 Å². The number of rotatable bonds is 12. The first-order chi connectivity index (χ1) is 29.4. The quantitative estimate of drug-likeness (QED) is 0.111. The Kier molecular flexibility index (Phi) is 11.7. The van der Waals surface area contributed by atoms with E-state index in [9.17, 15) is 25.9 Å². The van der Waals surface area contributed by atoms with E-state index in [-0.39, 0.29) is 29.0 Å². The van der Waals surface area contributed by atoms with Crippen LogP contribution in [0.2, 0.25) is 0 Å². The summed E-state index contributed by atoms with van der Waals surface area (Å²) in [5.41, 5.74) is 7.93. The van der Waals surface area contributed by atoms with Crippen LogP contribution in [-0.4, -0.2) is 113 Å². The first kappa shape index (κ1) is 41.4. The molecule has 6 N–H and O–H groups in total. The summed E-state index contributed by atoms with van der Waals surface area (Å²) in [7, 11) is -11.3. The third-order valence-electron chi connectivity index (χ3n) is 10.1. The van der Waals surface area contributed by atoms with Crippen molar-refractivity contribution in [3.05, 3.63) is 120 Å². The summed E-state index contributed by atoms with van der Waals surface area (Å²) in [5, 5.41) is 6.32. The molecule has 19 nitrogen and oxygen atoms in total. The molecule has 0 spiro atoms. The number of aromatic nitrogens is 6. The molecule has 0 unspecified atom stereocenters. The number of para-hydroxylation sites is 2. The third kappa shape index (κ3) is 9.06. The van der Waals surface area contributed by atoms with Crippen LogP contribution in [0.5, 0.6) is 0 Å². The van der Waals surface area contributed by atoms with Crippen LogP contribution >= 0.6 is 0 Å². The van der Waals surface area contributed by atoms with Gasteiger partial charge in [-0.15, -0.1) is 0 Å². The average molecular weight is 868 g/mol. The Morgan fingerprint density at radius 3 is 1.59 bits per heavy atom. The lowest BCUT2D eigenvalue weighted by molar-refractivity contribution is 0.122. The molecule has 2 aliphatic heterocycles. The van der Waals surface area contributed by atoms with E-state index < -0.39 is 36.3 Å². The Morgan fingerprint density at radius 1 is 0.623 bits per heavy atom. The second-order valence-electron chi connectivity index (χ2n) is 14.1. The van der Waals surface area contributed by atoms with Gasteiger partial charge in [0.15, 0.2) is 11.6 Å². The lowest BCUT2D eigenvalue weighted by atomic mass is 9.93. The Labute approximate surface area is 351 Å². The van der Waals surface area contributed by atoms with Crippen LogP contribution in [0.4, 0.5) is 35.2 Å². The molecular formula is C40H41N11O8S2. The first-order valence-corrected chi connectivity index (χ1v) is 22.0. The zero-order chi connectivity index (χ0) is 42.6. The molecule has 8 rings (SSSR count). The molecule has 5 aromatic rings. The number of hydrogen-bond acceptors (Lipinski definition) is 17. The molecule has 0 bridgehead atoms. The van der Waals surface area contributed by atoms with Gasteiger partial charge in [0.1, 0.15) is 0 Å². The van der Waals surface area contributed by atoms with E-state index in [1.165, 1.54) is 12.2 Å². The van der Waals surface area contributed by atoms with Gasteiger partial charge in [0.25, 0.3) is 24.3 Å². The Morgan fingerprint density at radius 2 is 1.10 bits per heavy atom. The third-order valence-corrected chi connectivity index (χ3v) is 13.8. The number of nitrogens with zero attached hydrogens (tertiary/aromatic N) is 8. The zero-order valence-corrected chi connectivity index (χ0v) is 34.1. The van der Waals surface area contributed by atoms with Crippen molar-refractivity contribution in [3.63, 3.8) is 0 Å². The molecule has 0 atom stereocenters. The molecule has 2 fully saturated rings. The number of allylic oxidation sites excluding steroid dienone is 3. The predicted molar refractivity (Wildman–Crippen MR) is 229 cm³/mol. The maximum absolute atomic E-state index is 13.4. The van der Waals surface area contributed by atoms with Gasteiger partial charge < -0.3 is 35.6 Å². The monoisotopic (exact) mass is 867 g/mol. The molecule has 0 saturated carbocycles. The summed E-state index contributed by atoms with van der Waals surface area (Å²) in [6.45, 7) is 3.91. The van der Waals surface area contributed by atoms with Gasteiger partial charge >= 0.3 is 0 Å². The normalized spacial score (nSPS) is 17.3. The SMILES string of the molecule is NC1=C(C=Cc2ccc(-c3nc(Nc4ccccc4)nc(N4CCOCC4)n3)cc2)C(S(=O)(=O)O)(S(=O)(=O)O)CC(c2nc(Nc3ccccc3)nc(N3CCOCC3)n2)=C1. The first-order valence-electron chi connectivity index (χ1n) is 19.1. The molecule has 316 valence electrons. The van der Waals surface area contributed by atoms with E-state index in [0.717, 1.165) is 11.8 Å². The number of ether oxygens (including phenoxy) is 2. The van der Waals surface area contributed by atoms with Crippen LogP contribution in [0.3, 0.4) is 0 Å². The van der Waals surface area contributed by atoms with Gasteiger partial charge in [-0.3, -0.25) is 9.11 Å². The van der Waals surface area contributed by atoms with Gasteiger partial charge in [-0.1, -0.05) is 72.8 Å². The van der Waals surface area contributed by atoms with E-state index in [1.807, 2.05) is 46.2 Å². The molecule has 61 heavy (non-hydrogen) atoms. The standard InChI is InChI=1S/C40H41N11O8S2/c41-33-25-29(35-45-37(43-31-9-5-2-6-10-31)49-39(47-35)51-19-23-59-24-20-51)26-40(60(52,53)54,61(55,56)57)32(33)16-13-27-11-14-28(15-12-27)34-44-36(42-30-7-3-1-4-8-30)48-38(46-34)50-17-21-58-22-18-50/h1-16,25H,17-24,26,41H2,(H,52,53,54)(H,55,56,57)(H,42,44,46,48)(H,43,45,47,49). The largest absolute Gasteiger partial charge is 0.398 e. The van der Waals surface area contributed by atoms with Gasteiger partial charge in [0, 0.05) is 66.4 Å². The topological polar surface area (TPSA) is 261 Å². The number of anilines is 6. The minimum absolute atomic E-state index is 0.0674. The molecule has 3 aliphatic rings. The molecule has 21 heteroatoms. The molecule has 2 saturated heterocycles. The van der Waals surface area contributed by atoms with Gasteiger partial charge in [-0.25, -0.2) is 0 Å². The van der Waals surface area contributed by atoms with Gasteiger partial charge in [-0.05, 0) is 35.9 Å². The molecule has 2 aromatic heterocycles. The zero-order valence-electron chi connectivity index (χ0n) is 32.5. The number of morpholine rings is 2. The highest BCUT2D eigenvalue weighted by Crippen LogP contribution is 2.45. The summed E-state index contributed by atoms with van der Waals surface area (Å²) >= 11 is 0. The highest BCUT2D eigenvalue weighted by atomic mass is 32.3. The van der Waals surface area contributed by atoms with Crippen LogP contribution in [0.25, 0.3) is 23.0 Å². The summed E-state index contributed by atoms with van der Waals surface area (Å²) < 4.78 is 82.5. The molecule has 0 radical (unpaired) electrons. The van der Waals surface area contributed by atoms with E-state index in [4.69, 9.17) is 20.2 Å². The van der Waals surface area contributed by atoms with E-state index in [0.29, 0.717) is 87.1 Å². The highest BCUT2D eigenvalue weighted by molar-refractivity contribution is 8.05. The summed E-state index contributed by atoms with van der Waals surface area (Å²) in [4.78, 5) is 31.5. The lowest BCUT2D eigenvalue weighted by Crippen LogP contribution is -2.49. The fourth-order valence-corrected chi connectivity index (χ4v) is 9.66. The summed E-state index contributed by atoms with van der Waals surface area (Å²) in [5.74, 6) is 1.30. The molecule has 4 heterocycles. The fourth-order valence-electron chi connectivity index (χ4n) is 6.99. The van der Waals surface area contributed by atoms with Crippen molar-refractivity contribution in [1.82, 2.24) is 29.9 Å². The summed E-state index contributed by atoms with van der Waals surface area (Å²) in [6, 6.07) is 25.3. The van der Waals surface area contributed by atoms with Crippen LogP contribution in [-0.2, 0) is 29.7 Å². The van der Waals surface area contributed by atoms with E-state index in [2.05, 4.69) is 35.6 Å². The van der Waals surface area contributed by atoms with Gasteiger partial charge in [0.2, 0.25) is 23.8 Å². The second-order valence-corrected chi connectivity index (χ2v) is 17.7. The van der Waals surface area contributed by atoms with Crippen molar-refractivity contribution in [2.24, 2.45) is 5.73 Å². The fraction of sp³-hybridized carbons (Fsp3) is 0.250.